The monoisotopic (exact) mass is 432 g/mol. The van der Waals surface area contributed by atoms with E-state index in [1.165, 1.54) is 0 Å². The number of aromatic nitrogens is 5. The standard InChI is InChI=1S/C26H20N6O/c1-4-18-12-8-13-20-23(18)30-24(19-10-6-5-7-11-19)22(29-20)17(3)28-26(33)21-16(2)31-32-15-9-14-27-25(21)32/h1,5-15,17H,2-3H3,(H,28,33)/t17-/m1/s1. The molecular formula is C26H20N6O. The number of terminal acetylenes is 1. The number of aryl methyl sites for hydroxylation is 1. The maximum absolute atomic E-state index is 13.3. The summed E-state index contributed by atoms with van der Waals surface area (Å²) in [7, 11) is 0. The molecule has 160 valence electrons. The Labute approximate surface area is 190 Å². The number of hydrogen-bond donors (Lipinski definition) is 1. The van der Waals surface area contributed by atoms with Crippen molar-refractivity contribution in [3.05, 3.63) is 89.5 Å². The van der Waals surface area contributed by atoms with Gasteiger partial charge in [-0.2, -0.15) is 5.10 Å². The molecular weight excluding hydrogens is 412 g/mol. The molecule has 0 aliphatic heterocycles. The van der Waals surface area contributed by atoms with Gasteiger partial charge in [0.15, 0.2) is 5.65 Å². The summed E-state index contributed by atoms with van der Waals surface area (Å²) in [6.07, 6.45) is 9.10. The van der Waals surface area contributed by atoms with Gasteiger partial charge in [0, 0.05) is 18.0 Å². The van der Waals surface area contributed by atoms with E-state index in [9.17, 15) is 4.79 Å². The topological polar surface area (TPSA) is 85.1 Å². The smallest absolute Gasteiger partial charge is 0.257 e. The molecule has 5 rings (SSSR count). The largest absolute Gasteiger partial charge is 0.344 e. The predicted octanol–water partition coefficient (Wildman–Crippen LogP) is 4.12. The molecule has 0 radical (unpaired) electrons. The van der Waals surface area contributed by atoms with Crippen molar-refractivity contribution in [1.29, 1.82) is 0 Å². The maximum atomic E-state index is 13.3. The third kappa shape index (κ3) is 3.58. The average Bonchev–Trinajstić information content (AvgIpc) is 3.19. The third-order valence-electron chi connectivity index (χ3n) is 5.48. The number of rotatable bonds is 4. The van der Waals surface area contributed by atoms with Crippen molar-refractivity contribution in [2.24, 2.45) is 0 Å². The number of fused-ring (bicyclic) bond motifs is 2. The molecule has 0 spiro atoms. The third-order valence-corrected chi connectivity index (χ3v) is 5.48. The molecule has 0 saturated carbocycles. The number of amides is 1. The number of para-hydroxylation sites is 1. The minimum Gasteiger partial charge on any atom is -0.344 e. The Kier molecular flexibility index (Phi) is 5.04. The van der Waals surface area contributed by atoms with E-state index in [2.05, 4.69) is 21.3 Å². The lowest BCUT2D eigenvalue weighted by molar-refractivity contribution is 0.0940. The molecule has 0 aliphatic rings. The molecule has 1 atom stereocenters. The molecule has 1 amide bonds. The van der Waals surface area contributed by atoms with Crippen molar-refractivity contribution >= 4 is 22.6 Å². The molecule has 7 heteroatoms. The first-order valence-corrected chi connectivity index (χ1v) is 10.5. The molecule has 0 aliphatic carbocycles. The second kappa shape index (κ2) is 8.17. The number of nitrogens with one attached hydrogen (secondary N) is 1. The van der Waals surface area contributed by atoms with Gasteiger partial charge in [-0.25, -0.2) is 19.5 Å². The fourth-order valence-corrected chi connectivity index (χ4v) is 3.92. The summed E-state index contributed by atoms with van der Waals surface area (Å²) in [4.78, 5) is 27.3. The molecule has 3 heterocycles. The van der Waals surface area contributed by atoms with Crippen LogP contribution in [0.3, 0.4) is 0 Å². The van der Waals surface area contributed by atoms with E-state index in [0.717, 1.165) is 5.56 Å². The quantitative estimate of drug-likeness (QED) is 0.432. The molecule has 2 aromatic carbocycles. The van der Waals surface area contributed by atoms with E-state index >= 15 is 0 Å². The maximum Gasteiger partial charge on any atom is 0.257 e. The summed E-state index contributed by atoms with van der Waals surface area (Å²) in [5.41, 5.74) is 5.77. The summed E-state index contributed by atoms with van der Waals surface area (Å²) in [6, 6.07) is 16.7. The number of carbonyl (C=O) groups excluding carboxylic acids is 1. The van der Waals surface area contributed by atoms with Crippen LogP contribution in [0.4, 0.5) is 0 Å². The number of benzene rings is 2. The Bertz CT molecular complexity index is 1550. The van der Waals surface area contributed by atoms with Crippen molar-refractivity contribution < 1.29 is 4.79 Å². The van der Waals surface area contributed by atoms with Gasteiger partial charge < -0.3 is 5.32 Å². The Morgan fingerprint density at radius 1 is 1.09 bits per heavy atom. The van der Waals surface area contributed by atoms with Crippen molar-refractivity contribution in [2.75, 3.05) is 0 Å². The SMILES string of the molecule is C#Cc1cccc2nc([C@@H](C)NC(=O)c3c(C)nn4cccnc34)c(-c3ccccc3)nc12. The first kappa shape index (κ1) is 20.3. The Morgan fingerprint density at radius 3 is 2.70 bits per heavy atom. The molecule has 5 aromatic rings. The summed E-state index contributed by atoms with van der Waals surface area (Å²) >= 11 is 0. The Balaban J connectivity index is 1.60. The van der Waals surface area contributed by atoms with E-state index in [-0.39, 0.29) is 5.91 Å². The van der Waals surface area contributed by atoms with Crippen LogP contribution in [-0.2, 0) is 0 Å². The summed E-state index contributed by atoms with van der Waals surface area (Å²) in [5.74, 6) is 2.41. The van der Waals surface area contributed by atoms with Crippen molar-refractivity contribution in [3.63, 3.8) is 0 Å². The highest BCUT2D eigenvalue weighted by Gasteiger charge is 2.23. The summed E-state index contributed by atoms with van der Waals surface area (Å²) in [5, 5.41) is 7.45. The molecule has 1 N–H and O–H groups in total. The van der Waals surface area contributed by atoms with Crippen LogP contribution < -0.4 is 5.32 Å². The number of carbonyl (C=O) groups is 1. The Morgan fingerprint density at radius 2 is 1.91 bits per heavy atom. The predicted molar refractivity (Wildman–Crippen MR) is 127 cm³/mol. The minimum atomic E-state index is -0.433. The van der Waals surface area contributed by atoms with E-state index in [0.29, 0.717) is 44.9 Å². The van der Waals surface area contributed by atoms with Gasteiger partial charge in [-0.3, -0.25) is 4.79 Å². The fourth-order valence-electron chi connectivity index (χ4n) is 3.92. The average molecular weight is 432 g/mol. The lowest BCUT2D eigenvalue weighted by Crippen LogP contribution is -2.28. The van der Waals surface area contributed by atoms with E-state index < -0.39 is 6.04 Å². The van der Waals surface area contributed by atoms with Crippen LogP contribution in [0.15, 0.2) is 67.0 Å². The van der Waals surface area contributed by atoms with Crippen molar-refractivity contribution in [3.8, 4) is 23.6 Å². The van der Waals surface area contributed by atoms with Gasteiger partial charge in [0.05, 0.1) is 34.2 Å². The zero-order chi connectivity index (χ0) is 22.9. The van der Waals surface area contributed by atoms with Crippen molar-refractivity contribution in [2.45, 2.75) is 19.9 Å². The lowest BCUT2D eigenvalue weighted by atomic mass is 10.0. The zero-order valence-corrected chi connectivity index (χ0v) is 18.1. The van der Waals surface area contributed by atoms with Crippen LogP contribution >= 0.6 is 0 Å². The normalized spacial score (nSPS) is 11.9. The molecule has 0 fully saturated rings. The molecule has 33 heavy (non-hydrogen) atoms. The van der Waals surface area contributed by atoms with Gasteiger partial charge in [-0.15, -0.1) is 6.42 Å². The van der Waals surface area contributed by atoms with Crippen LogP contribution in [0.1, 0.15) is 40.3 Å². The molecule has 3 aromatic heterocycles. The van der Waals surface area contributed by atoms with Gasteiger partial charge in [0.2, 0.25) is 0 Å². The minimum absolute atomic E-state index is 0.271. The van der Waals surface area contributed by atoms with Crippen LogP contribution in [-0.4, -0.2) is 30.5 Å². The summed E-state index contributed by atoms with van der Waals surface area (Å²) in [6.45, 7) is 3.68. The van der Waals surface area contributed by atoms with Gasteiger partial charge in [0.25, 0.3) is 5.91 Å². The van der Waals surface area contributed by atoms with E-state index in [1.54, 1.807) is 29.9 Å². The molecule has 0 saturated heterocycles. The summed E-state index contributed by atoms with van der Waals surface area (Å²) < 4.78 is 1.60. The molecule has 7 nitrogen and oxygen atoms in total. The van der Waals surface area contributed by atoms with Gasteiger partial charge >= 0.3 is 0 Å². The van der Waals surface area contributed by atoms with Crippen LogP contribution in [0.5, 0.6) is 0 Å². The Hall–Kier alpha value is -4.57. The van der Waals surface area contributed by atoms with Crippen molar-refractivity contribution in [1.82, 2.24) is 29.9 Å². The number of hydrogen-bond acceptors (Lipinski definition) is 5. The van der Waals surface area contributed by atoms with Crippen LogP contribution in [0, 0.1) is 19.3 Å². The van der Waals surface area contributed by atoms with Gasteiger partial charge in [0.1, 0.15) is 11.1 Å². The van der Waals surface area contributed by atoms with Crippen LogP contribution in [0.25, 0.3) is 27.9 Å². The lowest BCUT2D eigenvalue weighted by Gasteiger charge is -2.18. The van der Waals surface area contributed by atoms with Gasteiger partial charge in [-0.1, -0.05) is 42.3 Å². The van der Waals surface area contributed by atoms with E-state index in [4.69, 9.17) is 16.4 Å². The van der Waals surface area contributed by atoms with E-state index in [1.807, 2.05) is 55.5 Å². The second-order valence-electron chi connectivity index (χ2n) is 7.68. The van der Waals surface area contributed by atoms with Gasteiger partial charge in [-0.05, 0) is 32.0 Å². The first-order valence-electron chi connectivity index (χ1n) is 10.5. The fraction of sp³-hybridized carbons (Fsp3) is 0.115. The molecule has 0 bridgehead atoms. The highest BCUT2D eigenvalue weighted by atomic mass is 16.1. The highest BCUT2D eigenvalue weighted by molar-refractivity contribution is 6.01. The highest BCUT2D eigenvalue weighted by Crippen LogP contribution is 2.29. The first-order chi connectivity index (χ1) is 16.1. The number of nitrogens with zero attached hydrogens (tertiary/aromatic N) is 5. The van der Waals surface area contributed by atoms with Crippen LogP contribution in [0.2, 0.25) is 0 Å². The zero-order valence-electron chi connectivity index (χ0n) is 18.1. The molecule has 0 unspecified atom stereocenters. The second-order valence-corrected chi connectivity index (χ2v) is 7.68.